The van der Waals surface area contributed by atoms with E-state index in [9.17, 15) is 19.8 Å². The first-order valence-electron chi connectivity index (χ1n) is 16.4. The van der Waals surface area contributed by atoms with Crippen LogP contribution in [0.5, 0.6) is 0 Å². The molecule has 0 aromatic rings. The van der Waals surface area contributed by atoms with Gasteiger partial charge in [-0.3, -0.25) is 4.79 Å². The molecule has 0 amide bonds. The predicted octanol–water partition coefficient (Wildman–Crippen LogP) is 5.74. The van der Waals surface area contributed by atoms with Crippen LogP contribution >= 0.6 is 0 Å². The largest absolute Gasteiger partial charge is 0.511 e. The average molecular weight is 603 g/mol. The number of hydrogen-bond donors (Lipinski definition) is 2. The predicted molar refractivity (Wildman–Crippen MR) is 164 cm³/mol. The summed E-state index contributed by atoms with van der Waals surface area (Å²) in [6, 6.07) is 0. The molecule has 1 unspecified atom stereocenters. The Kier molecular flexibility index (Phi) is 11.7. The van der Waals surface area contributed by atoms with Crippen LogP contribution in [0.3, 0.4) is 0 Å². The van der Waals surface area contributed by atoms with E-state index in [0.29, 0.717) is 5.92 Å². The Labute approximate surface area is 257 Å². The molecule has 4 aliphatic rings. The normalized spacial score (nSPS) is 39.2. The molecular weight excluding hydrogens is 548 g/mol. The van der Waals surface area contributed by atoms with Crippen molar-refractivity contribution in [2.24, 2.45) is 41.4 Å². The van der Waals surface area contributed by atoms with Crippen LogP contribution in [0, 0.1) is 41.4 Å². The Morgan fingerprint density at radius 1 is 1.02 bits per heavy atom. The molecule has 8 heteroatoms. The number of allylic oxidation sites excluding steroid dienone is 2. The maximum atomic E-state index is 12.3. The van der Waals surface area contributed by atoms with E-state index in [1.807, 2.05) is 6.92 Å². The summed E-state index contributed by atoms with van der Waals surface area (Å²) < 4.78 is 23.4. The average Bonchev–Trinajstić information content (AvgIpc) is 3.55. The van der Waals surface area contributed by atoms with Gasteiger partial charge in [-0.05, 0) is 67.8 Å². The SMILES string of the molecule is CO[C@@H](C)[C@H]1C[C@H](C)[C@H]([C@@H](C)/C=C/C2CC[C@@H](C)[C@H](/C(=C/[C@H]3CCC[C@@H](C)[C@@H]3[C@H](C)C(O)=C3C(=O)COC3=O)CO)O2)O1. The van der Waals surface area contributed by atoms with Gasteiger partial charge in [-0.25, -0.2) is 4.79 Å². The summed E-state index contributed by atoms with van der Waals surface area (Å²) in [6.45, 7) is 12.3. The molecule has 43 heavy (non-hydrogen) atoms. The number of aliphatic hydroxyl groups is 2. The second kappa shape index (κ2) is 14.9. The minimum Gasteiger partial charge on any atom is -0.511 e. The highest BCUT2D eigenvalue weighted by Gasteiger charge is 2.41. The van der Waals surface area contributed by atoms with Gasteiger partial charge in [0.2, 0.25) is 5.78 Å². The van der Waals surface area contributed by atoms with Crippen molar-refractivity contribution >= 4 is 11.8 Å². The molecule has 0 aromatic heterocycles. The Balaban J connectivity index is 1.48. The maximum absolute atomic E-state index is 12.3. The quantitative estimate of drug-likeness (QED) is 0.107. The molecule has 0 bridgehead atoms. The van der Waals surface area contributed by atoms with Gasteiger partial charge in [-0.15, -0.1) is 0 Å². The number of cyclic esters (lactones) is 1. The number of rotatable bonds is 10. The van der Waals surface area contributed by atoms with Crippen molar-refractivity contribution in [3.05, 3.63) is 35.1 Å². The van der Waals surface area contributed by atoms with E-state index in [0.717, 1.165) is 44.1 Å². The lowest BCUT2D eigenvalue weighted by Gasteiger charge is -2.41. The van der Waals surface area contributed by atoms with E-state index in [2.05, 4.69) is 52.8 Å². The van der Waals surface area contributed by atoms with Crippen molar-refractivity contribution in [2.75, 3.05) is 20.3 Å². The zero-order chi connectivity index (χ0) is 31.4. The summed E-state index contributed by atoms with van der Waals surface area (Å²) in [4.78, 5) is 24.4. The number of hydrogen-bond acceptors (Lipinski definition) is 8. The third-order valence-electron chi connectivity index (χ3n) is 10.7. The fourth-order valence-electron chi connectivity index (χ4n) is 8.06. The molecule has 1 saturated carbocycles. The maximum Gasteiger partial charge on any atom is 0.345 e. The van der Waals surface area contributed by atoms with Crippen LogP contribution in [0.4, 0.5) is 0 Å². The summed E-state index contributed by atoms with van der Waals surface area (Å²) in [5.74, 6) is -0.447. The lowest BCUT2D eigenvalue weighted by molar-refractivity contribution is -0.135. The van der Waals surface area contributed by atoms with Gasteiger partial charge >= 0.3 is 5.97 Å². The van der Waals surface area contributed by atoms with E-state index in [4.69, 9.17) is 18.9 Å². The van der Waals surface area contributed by atoms with Crippen molar-refractivity contribution in [1.29, 1.82) is 0 Å². The van der Waals surface area contributed by atoms with Gasteiger partial charge in [0.1, 0.15) is 11.3 Å². The minimum absolute atomic E-state index is 0.0116. The first kappa shape index (κ1) is 33.9. The van der Waals surface area contributed by atoms with Crippen molar-refractivity contribution in [3.63, 3.8) is 0 Å². The van der Waals surface area contributed by atoms with Crippen LogP contribution in [-0.2, 0) is 28.5 Å². The molecule has 0 radical (unpaired) electrons. The first-order valence-corrected chi connectivity index (χ1v) is 16.4. The highest BCUT2D eigenvalue weighted by molar-refractivity contribution is 6.22. The zero-order valence-electron chi connectivity index (χ0n) is 27.2. The Hall–Kier alpha value is -2.00. The second-order valence-corrected chi connectivity index (χ2v) is 13.8. The van der Waals surface area contributed by atoms with Gasteiger partial charge < -0.3 is 29.2 Å². The van der Waals surface area contributed by atoms with E-state index >= 15 is 0 Å². The molecule has 8 nitrogen and oxygen atoms in total. The molecule has 3 aliphatic heterocycles. The van der Waals surface area contributed by atoms with Crippen molar-refractivity contribution in [1.82, 2.24) is 0 Å². The number of methoxy groups -OCH3 is 1. The molecule has 0 spiro atoms. The summed E-state index contributed by atoms with van der Waals surface area (Å²) in [6.07, 6.45) is 12.5. The van der Waals surface area contributed by atoms with Crippen molar-refractivity contribution in [3.8, 4) is 0 Å². The topological polar surface area (TPSA) is 112 Å². The molecule has 4 rings (SSSR count). The second-order valence-electron chi connectivity index (χ2n) is 13.8. The number of carbonyl (C=O) groups excluding carboxylic acids is 2. The van der Waals surface area contributed by atoms with Gasteiger partial charge in [0.05, 0.1) is 37.1 Å². The third-order valence-corrected chi connectivity index (χ3v) is 10.7. The van der Waals surface area contributed by atoms with Gasteiger partial charge in [-0.1, -0.05) is 65.7 Å². The van der Waals surface area contributed by atoms with Crippen LogP contribution in [-0.4, -0.2) is 72.8 Å². The lowest BCUT2D eigenvalue weighted by atomic mass is 9.66. The van der Waals surface area contributed by atoms with Crippen LogP contribution in [0.1, 0.15) is 80.1 Å². The van der Waals surface area contributed by atoms with Gasteiger partial charge in [-0.2, -0.15) is 0 Å². The molecule has 2 N–H and O–H groups in total. The number of aliphatic hydroxyl groups excluding tert-OH is 2. The van der Waals surface area contributed by atoms with Crippen LogP contribution < -0.4 is 0 Å². The van der Waals surface area contributed by atoms with Gasteiger partial charge in [0.15, 0.2) is 6.61 Å². The summed E-state index contributed by atoms with van der Waals surface area (Å²) in [5, 5.41) is 21.6. The molecule has 4 fully saturated rings. The zero-order valence-corrected chi connectivity index (χ0v) is 27.2. The lowest BCUT2D eigenvalue weighted by Crippen LogP contribution is -2.37. The van der Waals surface area contributed by atoms with Gasteiger partial charge in [0, 0.05) is 18.9 Å². The number of carbonyl (C=O) groups is 2. The van der Waals surface area contributed by atoms with E-state index in [1.165, 1.54) is 0 Å². The van der Waals surface area contributed by atoms with E-state index in [-0.39, 0.29) is 84.7 Å². The third kappa shape index (κ3) is 7.63. The Morgan fingerprint density at radius 3 is 2.42 bits per heavy atom. The van der Waals surface area contributed by atoms with Crippen LogP contribution in [0.25, 0.3) is 0 Å². The Morgan fingerprint density at radius 2 is 1.77 bits per heavy atom. The van der Waals surface area contributed by atoms with Crippen molar-refractivity contribution in [2.45, 2.75) is 111 Å². The molecular formula is C35H54O8. The summed E-state index contributed by atoms with van der Waals surface area (Å²) in [5.41, 5.74) is 0.673. The van der Waals surface area contributed by atoms with E-state index in [1.54, 1.807) is 7.11 Å². The summed E-state index contributed by atoms with van der Waals surface area (Å²) in [7, 11) is 1.73. The van der Waals surface area contributed by atoms with Crippen molar-refractivity contribution < 1.29 is 38.7 Å². The number of ketones is 1. The Bertz CT molecular complexity index is 1060. The molecule has 1 aliphatic carbocycles. The van der Waals surface area contributed by atoms with Crippen LogP contribution in [0.2, 0.25) is 0 Å². The number of Topliss-reactive ketones (excluding diaryl/α,β-unsaturated/α-hetero) is 1. The smallest absolute Gasteiger partial charge is 0.345 e. The number of ether oxygens (including phenoxy) is 4. The monoisotopic (exact) mass is 602 g/mol. The fraction of sp³-hybridized carbons (Fsp3) is 0.771. The minimum atomic E-state index is -0.739. The highest BCUT2D eigenvalue weighted by Crippen LogP contribution is 2.44. The summed E-state index contributed by atoms with van der Waals surface area (Å²) >= 11 is 0. The van der Waals surface area contributed by atoms with Gasteiger partial charge in [0.25, 0.3) is 0 Å². The fourth-order valence-corrected chi connectivity index (χ4v) is 8.06. The molecule has 0 aromatic carbocycles. The molecule has 12 atom stereocenters. The first-order chi connectivity index (χ1) is 20.5. The van der Waals surface area contributed by atoms with Crippen LogP contribution in [0.15, 0.2) is 35.1 Å². The number of esters is 1. The van der Waals surface area contributed by atoms with E-state index < -0.39 is 17.7 Å². The standard InChI is InChI=1S/C35H54O8/c1-19-9-8-10-25(30(19)23(5)32(38)31-28(37)18-41-35(31)39)16-26(17-36)34-21(3)12-14-27(42-34)13-11-20(2)33-22(4)15-29(43-33)24(6)40-7/h11,13,16,19-25,27,29-30,33-34,36,38H,8-10,12,14-15,17-18H2,1-7H3/b13-11+,26-16+,32-31?/t19-,20+,21-,22+,23+,24+,25-,27?,29-,30-,33+,34-/m1/s1. The molecule has 242 valence electrons. The highest BCUT2D eigenvalue weighted by atomic mass is 16.6. The molecule has 3 heterocycles. The molecule has 3 saturated heterocycles.